The number of hydrogen-bond acceptors (Lipinski definition) is 4. The van der Waals surface area contributed by atoms with Crippen LogP contribution in [0.3, 0.4) is 0 Å². The molecular formula is C16H21FN2OS. The minimum absolute atomic E-state index is 0.112. The molecule has 114 valence electrons. The summed E-state index contributed by atoms with van der Waals surface area (Å²) < 4.78 is 19.5. The molecular weight excluding hydrogens is 287 g/mol. The third-order valence-corrected chi connectivity index (χ3v) is 4.52. The standard InChI is InChI=1S/C16H21FN2OS/c1-10(2)16-19-13(9-21-16)8-20-15-6-5-12(7-14(15)17)11(3)18-4/h5-7,9-11,18H,8H2,1-4H3. The van der Waals surface area contributed by atoms with Gasteiger partial charge in [-0.05, 0) is 31.7 Å². The zero-order valence-electron chi connectivity index (χ0n) is 12.8. The molecule has 0 saturated heterocycles. The fraction of sp³-hybridized carbons (Fsp3) is 0.438. The molecule has 1 N–H and O–H groups in total. The van der Waals surface area contributed by atoms with Gasteiger partial charge in [-0.2, -0.15) is 0 Å². The van der Waals surface area contributed by atoms with E-state index in [9.17, 15) is 4.39 Å². The number of thiazole rings is 1. The maximum absolute atomic E-state index is 14.0. The molecule has 1 aromatic carbocycles. The van der Waals surface area contributed by atoms with Gasteiger partial charge in [0.2, 0.25) is 0 Å². The molecule has 0 amide bonds. The van der Waals surface area contributed by atoms with E-state index in [1.807, 2.05) is 25.4 Å². The number of rotatable bonds is 6. The number of hydrogen-bond donors (Lipinski definition) is 1. The van der Waals surface area contributed by atoms with E-state index in [4.69, 9.17) is 4.74 Å². The molecule has 0 radical (unpaired) electrons. The van der Waals surface area contributed by atoms with Crippen LogP contribution in [-0.4, -0.2) is 12.0 Å². The fourth-order valence-electron chi connectivity index (χ4n) is 1.88. The average Bonchev–Trinajstić information content (AvgIpc) is 2.94. The Kier molecular flexibility index (Phi) is 5.31. The van der Waals surface area contributed by atoms with Gasteiger partial charge < -0.3 is 10.1 Å². The van der Waals surface area contributed by atoms with Crippen LogP contribution in [0.5, 0.6) is 5.75 Å². The number of aromatic nitrogens is 1. The molecule has 2 aromatic rings. The van der Waals surface area contributed by atoms with Crippen LogP contribution in [0.4, 0.5) is 4.39 Å². The quantitative estimate of drug-likeness (QED) is 0.865. The lowest BCUT2D eigenvalue weighted by Gasteiger charge is -2.12. The van der Waals surface area contributed by atoms with E-state index in [0.717, 1.165) is 16.3 Å². The van der Waals surface area contributed by atoms with Gasteiger partial charge in [0.1, 0.15) is 6.61 Å². The zero-order valence-corrected chi connectivity index (χ0v) is 13.6. The van der Waals surface area contributed by atoms with Crippen molar-refractivity contribution in [3.8, 4) is 5.75 Å². The number of ether oxygens (including phenoxy) is 1. The Hall–Kier alpha value is -1.46. The molecule has 21 heavy (non-hydrogen) atoms. The molecule has 2 rings (SSSR count). The average molecular weight is 308 g/mol. The molecule has 5 heteroatoms. The monoisotopic (exact) mass is 308 g/mol. The first-order valence-electron chi connectivity index (χ1n) is 7.05. The van der Waals surface area contributed by atoms with Crippen LogP contribution in [-0.2, 0) is 6.61 Å². The maximum Gasteiger partial charge on any atom is 0.165 e. The molecule has 1 heterocycles. The molecule has 0 spiro atoms. The molecule has 0 bridgehead atoms. The van der Waals surface area contributed by atoms with E-state index >= 15 is 0 Å². The highest BCUT2D eigenvalue weighted by atomic mass is 32.1. The summed E-state index contributed by atoms with van der Waals surface area (Å²) in [5.41, 5.74) is 1.74. The largest absolute Gasteiger partial charge is 0.484 e. The highest BCUT2D eigenvalue weighted by molar-refractivity contribution is 7.09. The van der Waals surface area contributed by atoms with Crippen molar-refractivity contribution in [3.05, 3.63) is 45.7 Å². The van der Waals surface area contributed by atoms with Crippen molar-refractivity contribution in [1.82, 2.24) is 10.3 Å². The van der Waals surface area contributed by atoms with Gasteiger partial charge in [-0.25, -0.2) is 9.37 Å². The van der Waals surface area contributed by atoms with Crippen molar-refractivity contribution >= 4 is 11.3 Å². The topological polar surface area (TPSA) is 34.1 Å². The third kappa shape index (κ3) is 4.02. The zero-order chi connectivity index (χ0) is 15.4. The summed E-state index contributed by atoms with van der Waals surface area (Å²) in [6.45, 7) is 6.48. The van der Waals surface area contributed by atoms with E-state index in [1.165, 1.54) is 6.07 Å². The predicted octanol–water partition coefficient (Wildman–Crippen LogP) is 4.27. The first kappa shape index (κ1) is 15.9. The number of nitrogens with zero attached hydrogens (tertiary/aromatic N) is 1. The van der Waals surface area contributed by atoms with Crippen molar-refractivity contribution in [2.45, 2.75) is 39.3 Å². The van der Waals surface area contributed by atoms with Crippen LogP contribution in [0.25, 0.3) is 0 Å². The number of halogens is 1. The second kappa shape index (κ2) is 7.00. The number of benzene rings is 1. The van der Waals surface area contributed by atoms with Crippen LogP contribution in [0.2, 0.25) is 0 Å². The van der Waals surface area contributed by atoms with Gasteiger partial charge in [0, 0.05) is 17.3 Å². The first-order valence-corrected chi connectivity index (χ1v) is 7.93. The summed E-state index contributed by atoms with van der Waals surface area (Å²) >= 11 is 1.61. The van der Waals surface area contributed by atoms with Crippen molar-refractivity contribution in [1.29, 1.82) is 0 Å². The molecule has 0 fully saturated rings. The molecule has 3 nitrogen and oxygen atoms in total. The minimum atomic E-state index is -0.339. The van der Waals surface area contributed by atoms with Crippen LogP contribution < -0.4 is 10.1 Å². The second-order valence-electron chi connectivity index (χ2n) is 5.32. The van der Waals surface area contributed by atoms with Crippen LogP contribution in [0, 0.1) is 5.82 Å². The van der Waals surface area contributed by atoms with E-state index in [1.54, 1.807) is 17.4 Å². The molecule has 0 aliphatic heterocycles. The van der Waals surface area contributed by atoms with Crippen LogP contribution >= 0.6 is 11.3 Å². The highest BCUT2D eigenvalue weighted by Crippen LogP contribution is 2.24. The summed E-state index contributed by atoms with van der Waals surface area (Å²) in [6, 6.07) is 5.17. The molecule has 0 aliphatic carbocycles. The minimum Gasteiger partial charge on any atom is -0.484 e. The Labute approximate surface area is 129 Å². The Morgan fingerprint density at radius 1 is 1.33 bits per heavy atom. The van der Waals surface area contributed by atoms with Crippen LogP contribution in [0.1, 0.15) is 49.0 Å². The molecule has 0 aliphatic rings. The van der Waals surface area contributed by atoms with Gasteiger partial charge in [-0.3, -0.25) is 0 Å². The Morgan fingerprint density at radius 2 is 2.10 bits per heavy atom. The molecule has 1 unspecified atom stereocenters. The van der Waals surface area contributed by atoms with Gasteiger partial charge in [-0.1, -0.05) is 19.9 Å². The Balaban J connectivity index is 2.02. The normalized spacial score (nSPS) is 12.7. The van der Waals surface area contributed by atoms with E-state index < -0.39 is 0 Å². The molecule has 1 aromatic heterocycles. The van der Waals surface area contributed by atoms with Crippen molar-refractivity contribution in [3.63, 3.8) is 0 Å². The van der Waals surface area contributed by atoms with Gasteiger partial charge in [0.15, 0.2) is 11.6 Å². The van der Waals surface area contributed by atoms with Crippen LogP contribution in [0.15, 0.2) is 23.6 Å². The van der Waals surface area contributed by atoms with Gasteiger partial charge in [-0.15, -0.1) is 11.3 Å². The second-order valence-corrected chi connectivity index (χ2v) is 6.21. The van der Waals surface area contributed by atoms with E-state index in [0.29, 0.717) is 12.5 Å². The molecule has 1 atom stereocenters. The Bertz CT molecular complexity index is 598. The molecule has 0 saturated carbocycles. The smallest absolute Gasteiger partial charge is 0.165 e. The summed E-state index contributed by atoms with van der Waals surface area (Å²) in [5.74, 6) is 0.331. The summed E-state index contributed by atoms with van der Waals surface area (Å²) in [6.07, 6.45) is 0. The lowest BCUT2D eigenvalue weighted by Crippen LogP contribution is -2.12. The van der Waals surface area contributed by atoms with Gasteiger partial charge in [0.05, 0.1) is 10.7 Å². The van der Waals surface area contributed by atoms with Gasteiger partial charge >= 0.3 is 0 Å². The summed E-state index contributed by atoms with van der Waals surface area (Å²) in [4.78, 5) is 4.47. The summed E-state index contributed by atoms with van der Waals surface area (Å²) in [5, 5.41) is 6.12. The lowest BCUT2D eigenvalue weighted by atomic mass is 10.1. The number of nitrogens with one attached hydrogen (secondary N) is 1. The van der Waals surface area contributed by atoms with E-state index in [2.05, 4.69) is 24.1 Å². The Morgan fingerprint density at radius 3 is 2.67 bits per heavy atom. The highest BCUT2D eigenvalue weighted by Gasteiger charge is 2.10. The SMILES string of the molecule is CNC(C)c1ccc(OCc2csc(C(C)C)n2)c(F)c1. The fourth-order valence-corrected chi connectivity index (χ4v) is 2.70. The predicted molar refractivity (Wildman–Crippen MR) is 84.4 cm³/mol. The third-order valence-electron chi connectivity index (χ3n) is 3.33. The van der Waals surface area contributed by atoms with Crippen molar-refractivity contribution in [2.75, 3.05) is 7.05 Å². The lowest BCUT2D eigenvalue weighted by molar-refractivity contribution is 0.286. The van der Waals surface area contributed by atoms with E-state index in [-0.39, 0.29) is 17.6 Å². The maximum atomic E-state index is 14.0. The van der Waals surface area contributed by atoms with Crippen molar-refractivity contribution in [2.24, 2.45) is 0 Å². The van der Waals surface area contributed by atoms with Crippen molar-refractivity contribution < 1.29 is 9.13 Å². The first-order chi connectivity index (χ1) is 10.0. The summed E-state index contributed by atoms with van der Waals surface area (Å²) in [7, 11) is 1.85. The van der Waals surface area contributed by atoms with Gasteiger partial charge in [0.25, 0.3) is 0 Å².